The zero-order valence-electron chi connectivity index (χ0n) is 39.1. The average molecular weight is 841 g/mol. The van der Waals surface area contributed by atoms with Gasteiger partial charge in [0.1, 0.15) is 6.61 Å². The number of quaternary nitrogens is 1. The number of allylic oxidation sites excluding steroid dienone is 12. The van der Waals surface area contributed by atoms with E-state index in [1.165, 1.54) is 70.6 Å². The van der Waals surface area contributed by atoms with Crippen molar-refractivity contribution in [2.24, 2.45) is 0 Å². The molecule has 0 bridgehead atoms. The summed E-state index contributed by atoms with van der Waals surface area (Å²) < 4.78 is 17.3. The fraction of sp³-hybridized carbons (Fsp3) is 0.712. The van der Waals surface area contributed by atoms with E-state index in [1.807, 2.05) is 21.1 Å². The number of unbranched alkanes of at least 4 members (excludes halogenated alkanes) is 16. The van der Waals surface area contributed by atoms with E-state index >= 15 is 0 Å². The molecule has 0 aliphatic carbocycles. The van der Waals surface area contributed by atoms with Crippen LogP contribution < -0.4 is 0 Å². The zero-order valence-corrected chi connectivity index (χ0v) is 39.1. The summed E-state index contributed by atoms with van der Waals surface area (Å²) in [5.41, 5.74) is 0. The average Bonchev–Trinajstić information content (AvgIpc) is 3.21. The first kappa shape index (κ1) is 56.8. The first-order valence-corrected chi connectivity index (χ1v) is 24.0. The van der Waals surface area contributed by atoms with Gasteiger partial charge in [-0.15, -0.1) is 0 Å². The van der Waals surface area contributed by atoms with Gasteiger partial charge in [0.15, 0.2) is 12.1 Å². The van der Waals surface area contributed by atoms with E-state index in [0.29, 0.717) is 19.3 Å². The van der Waals surface area contributed by atoms with E-state index in [4.69, 9.17) is 14.2 Å². The Labute approximate surface area is 368 Å². The van der Waals surface area contributed by atoms with E-state index < -0.39 is 18.1 Å². The second-order valence-electron chi connectivity index (χ2n) is 17.0. The number of aliphatic carboxylic acids is 1. The number of nitrogens with zero attached hydrogens (tertiary/aromatic N) is 1. The summed E-state index contributed by atoms with van der Waals surface area (Å²) in [7, 11) is 5.52. The molecule has 0 aliphatic heterocycles. The second-order valence-corrected chi connectivity index (χ2v) is 17.0. The summed E-state index contributed by atoms with van der Waals surface area (Å²) in [6.45, 7) is 4.59. The Balaban J connectivity index is 4.35. The van der Waals surface area contributed by atoms with Crippen molar-refractivity contribution < 1.29 is 38.2 Å². The van der Waals surface area contributed by atoms with Crippen LogP contribution in [0.25, 0.3) is 0 Å². The lowest BCUT2D eigenvalue weighted by Crippen LogP contribution is -2.50. The summed E-state index contributed by atoms with van der Waals surface area (Å²) in [6.07, 6.45) is 53.7. The van der Waals surface area contributed by atoms with Gasteiger partial charge in [-0.25, -0.2) is 4.79 Å². The molecule has 8 heteroatoms. The van der Waals surface area contributed by atoms with Crippen LogP contribution >= 0.6 is 0 Å². The molecule has 0 aromatic rings. The minimum Gasteiger partial charge on any atom is -0.477 e. The van der Waals surface area contributed by atoms with Crippen molar-refractivity contribution in [3.63, 3.8) is 0 Å². The van der Waals surface area contributed by atoms with E-state index in [1.54, 1.807) is 0 Å². The highest BCUT2D eigenvalue weighted by Crippen LogP contribution is 2.15. The molecule has 0 aromatic carbocycles. The Morgan fingerprint density at radius 2 is 0.933 bits per heavy atom. The fourth-order valence-electron chi connectivity index (χ4n) is 6.68. The van der Waals surface area contributed by atoms with E-state index in [2.05, 4.69) is 86.8 Å². The molecule has 2 unspecified atom stereocenters. The van der Waals surface area contributed by atoms with Gasteiger partial charge >= 0.3 is 17.9 Å². The number of hydrogen-bond donors (Lipinski definition) is 1. The number of ether oxygens (including phenoxy) is 3. The lowest BCUT2D eigenvalue weighted by molar-refractivity contribution is -0.887. The molecule has 0 saturated carbocycles. The van der Waals surface area contributed by atoms with Crippen molar-refractivity contribution in [2.45, 2.75) is 199 Å². The minimum atomic E-state index is -0.881. The lowest BCUT2D eigenvalue weighted by atomic mass is 10.0. The number of likely N-dealkylation sites (N-methyl/N-ethyl adjacent to an activating group) is 1. The molecule has 8 nitrogen and oxygen atoms in total. The standard InChI is InChI=1S/C52H89NO7/c1-6-8-10-12-14-16-18-20-22-23-24-25-26-27-28-29-31-32-34-36-38-40-42-50(54)59-47-48(46-58-45-44-49(52(56)57)53(3,4)5)60-51(55)43-41-39-37-35-33-30-21-19-17-15-13-11-9-7-2/h8,10,14,16,20,22,24-25,27-28,31-32,48-49H,6-7,9,11-13,15,17-19,21,23,26,29-30,33-47H2,1-5H3/p+1/b10-8+,16-14+,22-20+,25-24+,28-27+,32-31+. The van der Waals surface area contributed by atoms with Gasteiger partial charge in [0.05, 0.1) is 34.4 Å². The van der Waals surface area contributed by atoms with Gasteiger partial charge in [-0.3, -0.25) is 9.59 Å². The number of carbonyl (C=O) groups excluding carboxylic acids is 2. The number of esters is 2. The van der Waals surface area contributed by atoms with Gasteiger partial charge in [0.2, 0.25) is 0 Å². The summed E-state index contributed by atoms with van der Waals surface area (Å²) in [4.78, 5) is 37.1. The van der Waals surface area contributed by atoms with Gasteiger partial charge in [-0.1, -0.05) is 177 Å². The predicted octanol–water partition coefficient (Wildman–Crippen LogP) is 13.5. The monoisotopic (exact) mass is 841 g/mol. The quantitative estimate of drug-likeness (QED) is 0.0283. The molecular formula is C52H90NO7+. The van der Waals surface area contributed by atoms with Crippen LogP contribution in [0.5, 0.6) is 0 Å². The highest BCUT2D eigenvalue weighted by molar-refractivity contribution is 5.72. The Kier molecular flexibility index (Phi) is 40.2. The Hall–Kier alpha value is -3.23. The third-order valence-electron chi connectivity index (χ3n) is 10.4. The Morgan fingerprint density at radius 3 is 1.38 bits per heavy atom. The molecule has 344 valence electrons. The zero-order chi connectivity index (χ0) is 44.2. The van der Waals surface area contributed by atoms with Crippen LogP contribution in [-0.4, -0.2) is 80.6 Å². The van der Waals surface area contributed by atoms with E-state index in [-0.39, 0.29) is 36.2 Å². The molecule has 2 atom stereocenters. The highest BCUT2D eigenvalue weighted by Gasteiger charge is 2.31. The first-order chi connectivity index (χ1) is 29.1. The fourth-order valence-corrected chi connectivity index (χ4v) is 6.68. The van der Waals surface area contributed by atoms with E-state index in [0.717, 1.165) is 83.5 Å². The van der Waals surface area contributed by atoms with Crippen LogP contribution in [-0.2, 0) is 28.6 Å². The minimum absolute atomic E-state index is 0.0488. The number of rotatable bonds is 42. The third kappa shape index (κ3) is 40.2. The molecule has 0 fully saturated rings. The molecule has 0 aromatic heterocycles. The van der Waals surface area contributed by atoms with Gasteiger partial charge in [0, 0.05) is 19.3 Å². The number of carbonyl (C=O) groups is 3. The van der Waals surface area contributed by atoms with E-state index in [9.17, 15) is 19.5 Å². The molecule has 60 heavy (non-hydrogen) atoms. The molecule has 0 amide bonds. The molecule has 0 saturated heterocycles. The largest absolute Gasteiger partial charge is 0.477 e. The highest BCUT2D eigenvalue weighted by atomic mass is 16.6. The number of carboxylic acids is 1. The van der Waals surface area contributed by atoms with Crippen LogP contribution in [0, 0.1) is 0 Å². The first-order valence-electron chi connectivity index (χ1n) is 24.0. The predicted molar refractivity (Wildman–Crippen MR) is 252 cm³/mol. The van der Waals surface area contributed by atoms with Crippen molar-refractivity contribution in [3.8, 4) is 0 Å². The summed E-state index contributed by atoms with van der Waals surface area (Å²) >= 11 is 0. The van der Waals surface area contributed by atoms with Crippen molar-refractivity contribution in [2.75, 3.05) is 41.0 Å². The normalized spacial score (nSPS) is 13.6. The maximum atomic E-state index is 12.7. The molecule has 0 spiro atoms. The van der Waals surface area contributed by atoms with Gasteiger partial charge in [-0.2, -0.15) is 0 Å². The van der Waals surface area contributed by atoms with Crippen molar-refractivity contribution in [1.82, 2.24) is 0 Å². The van der Waals surface area contributed by atoms with Crippen molar-refractivity contribution in [1.29, 1.82) is 0 Å². The van der Waals surface area contributed by atoms with Gasteiger partial charge < -0.3 is 23.8 Å². The second kappa shape index (κ2) is 42.5. The summed E-state index contributed by atoms with van der Waals surface area (Å²) in [5, 5.41) is 9.63. The SMILES string of the molecule is CC/C=C/C/C=C/C/C=C/C/C=C/C/C=C/C/C=C/CCCCCC(=O)OCC(COCCC(C(=O)O)[N+](C)(C)C)OC(=O)CCCCCCCCCCCCCCCC. The topological polar surface area (TPSA) is 99.1 Å². The van der Waals surface area contributed by atoms with Crippen molar-refractivity contribution >= 4 is 17.9 Å². The summed E-state index contributed by atoms with van der Waals surface area (Å²) in [6, 6.07) is -0.622. The van der Waals surface area contributed by atoms with Crippen LogP contribution in [0.3, 0.4) is 0 Å². The van der Waals surface area contributed by atoms with Crippen LogP contribution in [0.4, 0.5) is 0 Å². The molecule has 0 radical (unpaired) electrons. The smallest absolute Gasteiger partial charge is 0.362 e. The number of carboxylic acid groups (broad SMARTS) is 1. The maximum Gasteiger partial charge on any atom is 0.362 e. The maximum absolute atomic E-state index is 12.7. The van der Waals surface area contributed by atoms with Crippen LogP contribution in [0.1, 0.15) is 187 Å². The van der Waals surface area contributed by atoms with Gasteiger partial charge in [-0.05, 0) is 64.2 Å². The molecule has 1 N–H and O–H groups in total. The lowest BCUT2D eigenvalue weighted by Gasteiger charge is -2.31. The Bertz CT molecular complexity index is 1210. The molecule has 0 aliphatic rings. The molecular weight excluding hydrogens is 751 g/mol. The Morgan fingerprint density at radius 1 is 0.517 bits per heavy atom. The van der Waals surface area contributed by atoms with Crippen LogP contribution in [0.15, 0.2) is 72.9 Å². The number of hydrogen-bond acceptors (Lipinski definition) is 6. The molecule has 0 heterocycles. The third-order valence-corrected chi connectivity index (χ3v) is 10.4. The van der Waals surface area contributed by atoms with Crippen LogP contribution in [0.2, 0.25) is 0 Å². The van der Waals surface area contributed by atoms with Crippen molar-refractivity contribution in [3.05, 3.63) is 72.9 Å². The van der Waals surface area contributed by atoms with Gasteiger partial charge in [0.25, 0.3) is 0 Å². The molecule has 0 rings (SSSR count). The summed E-state index contributed by atoms with van der Waals surface area (Å²) in [5.74, 6) is -1.51.